The number of aromatic nitrogens is 1. The molecule has 0 aliphatic rings. The number of amides is 1. The lowest BCUT2D eigenvalue weighted by molar-refractivity contribution is 0.0702. The highest BCUT2D eigenvalue weighted by molar-refractivity contribution is 7.18. The summed E-state index contributed by atoms with van der Waals surface area (Å²) in [4.78, 5) is 26.5. The number of halogens is 1. The van der Waals surface area contributed by atoms with Crippen LogP contribution < -0.4 is 5.32 Å². The molecule has 7 heteroatoms. The number of rotatable bonds is 3. The summed E-state index contributed by atoms with van der Waals surface area (Å²) in [7, 11) is 0. The van der Waals surface area contributed by atoms with Gasteiger partial charge in [-0.25, -0.2) is 9.78 Å². The van der Waals surface area contributed by atoms with Gasteiger partial charge >= 0.3 is 5.97 Å². The van der Waals surface area contributed by atoms with Crippen molar-refractivity contribution >= 4 is 39.8 Å². The summed E-state index contributed by atoms with van der Waals surface area (Å²) in [5, 5.41) is 12.0. The Kier molecular flexibility index (Phi) is 3.59. The molecule has 0 aliphatic carbocycles. The number of anilines is 1. The predicted molar refractivity (Wildman–Crippen MR) is 68.5 cm³/mol. The summed E-state index contributed by atoms with van der Waals surface area (Å²) in [6.07, 6.45) is 0. The van der Waals surface area contributed by atoms with Gasteiger partial charge in [-0.15, -0.1) is 11.3 Å². The van der Waals surface area contributed by atoms with Crippen LogP contribution in [-0.2, 0) is 0 Å². The highest BCUT2D eigenvalue weighted by atomic mass is 35.5. The van der Waals surface area contributed by atoms with Gasteiger partial charge in [-0.05, 0) is 24.3 Å². The Hall–Kier alpha value is -1.92. The summed E-state index contributed by atoms with van der Waals surface area (Å²) >= 11 is 6.65. The van der Waals surface area contributed by atoms with Crippen molar-refractivity contribution in [3.05, 3.63) is 46.1 Å². The Balaban J connectivity index is 2.13. The lowest BCUT2D eigenvalue weighted by atomic mass is 10.3. The topological polar surface area (TPSA) is 79.3 Å². The van der Waals surface area contributed by atoms with Crippen LogP contribution in [0.15, 0.2) is 30.3 Å². The molecule has 0 atom stereocenters. The number of nitrogens with zero attached hydrogens (tertiary/aromatic N) is 1. The summed E-state index contributed by atoms with van der Waals surface area (Å²) in [5.41, 5.74) is 0.174. The zero-order valence-corrected chi connectivity index (χ0v) is 10.5. The lowest BCUT2D eigenvalue weighted by Gasteiger charge is -2.01. The first kappa shape index (κ1) is 12.5. The molecule has 92 valence electrons. The van der Waals surface area contributed by atoms with Crippen LogP contribution in [-0.4, -0.2) is 22.0 Å². The van der Waals surface area contributed by atoms with E-state index in [0.29, 0.717) is 5.00 Å². The quantitative estimate of drug-likeness (QED) is 0.849. The van der Waals surface area contributed by atoms with Crippen molar-refractivity contribution in [3.8, 4) is 0 Å². The average molecular weight is 283 g/mol. The van der Waals surface area contributed by atoms with Gasteiger partial charge in [-0.1, -0.05) is 17.7 Å². The molecule has 1 amide bonds. The number of thiophene rings is 1. The minimum absolute atomic E-state index is 0.157. The van der Waals surface area contributed by atoms with E-state index in [0.717, 1.165) is 11.3 Å². The van der Waals surface area contributed by atoms with Gasteiger partial charge in [0.05, 0.1) is 5.00 Å². The van der Waals surface area contributed by atoms with Gasteiger partial charge in [0.1, 0.15) is 15.7 Å². The van der Waals surface area contributed by atoms with Crippen LogP contribution in [0.3, 0.4) is 0 Å². The van der Waals surface area contributed by atoms with E-state index in [4.69, 9.17) is 16.7 Å². The molecule has 2 rings (SSSR count). The third kappa shape index (κ3) is 2.85. The van der Waals surface area contributed by atoms with E-state index in [-0.39, 0.29) is 15.7 Å². The van der Waals surface area contributed by atoms with Crippen LogP contribution in [0.1, 0.15) is 20.2 Å². The molecule has 2 aromatic heterocycles. The van der Waals surface area contributed by atoms with Crippen molar-refractivity contribution in [3.63, 3.8) is 0 Å². The average Bonchev–Trinajstić information content (AvgIpc) is 2.77. The van der Waals surface area contributed by atoms with Gasteiger partial charge in [-0.2, -0.15) is 0 Å². The van der Waals surface area contributed by atoms with Gasteiger partial charge in [-0.3, -0.25) is 4.79 Å². The fourth-order valence-electron chi connectivity index (χ4n) is 1.23. The number of pyridine rings is 1. The lowest BCUT2D eigenvalue weighted by Crippen LogP contribution is -2.12. The number of hydrogen-bond acceptors (Lipinski definition) is 4. The molecule has 2 heterocycles. The molecule has 0 saturated heterocycles. The number of carboxylic acid groups (broad SMARTS) is 1. The van der Waals surface area contributed by atoms with Crippen molar-refractivity contribution in [2.24, 2.45) is 0 Å². The second-order valence-corrected chi connectivity index (χ2v) is 4.74. The molecular weight excluding hydrogens is 276 g/mol. The Labute approximate surface area is 111 Å². The highest BCUT2D eigenvalue weighted by Crippen LogP contribution is 2.22. The van der Waals surface area contributed by atoms with Crippen LogP contribution in [0.4, 0.5) is 5.00 Å². The molecule has 0 bridgehead atoms. The van der Waals surface area contributed by atoms with E-state index < -0.39 is 11.9 Å². The van der Waals surface area contributed by atoms with Crippen LogP contribution >= 0.6 is 22.9 Å². The fourth-order valence-corrected chi connectivity index (χ4v) is 2.13. The molecule has 2 N–H and O–H groups in total. The van der Waals surface area contributed by atoms with E-state index in [1.165, 1.54) is 18.2 Å². The molecule has 0 aliphatic heterocycles. The summed E-state index contributed by atoms with van der Waals surface area (Å²) in [6, 6.07) is 7.64. The number of nitrogens with one attached hydrogen (secondary N) is 1. The fraction of sp³-hybridized carbons (Fsp3) is 0. The van der Waals surface area contributed by atoms with Crippen molar-refractivity contribution in [1.29, 1.82) is 0 Å². The Morgan fingerprint density at radius 2 is 2.06 bits per heavy atom. The van der Waals surface area contributed by atoms with Crippen LogP contribution in [0.5, 0.6) is 0 Å². The molecular formula is C11H7ClN2O3S. The van der Waals surface area contributed by atoms with E-state index in [9.17, 15) is 9.59 Å². The van der Waals surface area contributed by atoms with Crippen LogP contribution in [0.2, 0.25) is 5.15 Å². The number of carboxylic acids is 1. The molecule has 0 unspecified atom stereocenters. The third-order valence-corrected chi connectivity index (χ3v) is 3.20. The van der Waals surface area contributed by atoms with Crippen molar-refractivity contribution in [2.75, 3.05) is 5.32 Å². The molecule has 0 fully saturated rings. The molecule has 5 nitrogen and oxygen atoms in total. The Bertz CT molecular complexity index is 612. The maximum Gasteiger partial charge on any atom is 0.345 e. The zero-order chi connectivity index (χ0) is 13.1. The van der Waals surface area contributed by atoms with Crippen molar-refractivity contribution in [1.82, 2.24) is 4.98 Å². The SMILES string of the molecule is O=C(Nc1ccc(C(=O)O)s1)c1cccc(Cl)n1. The van der Waals surface area contributed by atoms with Gasteiger partial charge in [0, 0.05) is 0 Å². The van der Waals surface area contributed by atoms with E-state index in [1.807, 2.05) is 0 Å². The van der Waals surface area contributed by atoms with Crippen molar-refractivity contribution < 1.29 is 14.7 Å². The normalized spacial score (nSPS) is 10.1. The second kappa shape index (κ2) is 5.16. The first-order chi connectivity index (χ1) is 8.56. The molecule has 0 radical (unpaired) electrons. The van der Waals surface area contributed by atoms with Crippen molar-refractivity contribution in [2.45, 2.75) is 0 Å². The largest absolute Gasteiger partial charge is 0.477 e. The molecule has 0 spiro atoms. The molecule has 18 heavy (non-hydrogen) atoms. The summed E-state index contributed by atoms with van der Waals surface area (Å²) in [5.74, 6) is -1.46. The number of carbonyl (C=O) groups is 2. The highest BCUT2D eigenvalue weighted by Gasteiger charge is 2.11. The molecule has 0 saturated carbocycles. The third-order valence-electron chi connectivity index (χ3n) is 2.00. The first-order valence-corrected chi connectivity index (χ1v) is 6.03. The number of aromatic carboxylic acids is 1. The van der Waals surface area contributed by atoms with E-state index in [2.05, 4.69) is 10.3 Å². The zero-order valence-electron chi connectivity index (χ0n) is 8.88. The summed E-state index contributed by atoms with van der Waals surface area (Å²) < 4.78 is 0. The Morgan fingerprint density at radius 1 is 1.28 bits per heavy atom. The van der Waals surface area contributed by atoms with Gasteiger partial charge < -0.3 is 10.4 Å². The number of hydrogen-bond donors (Lipinski definition) is 2. The van der Waals surface area contributed by atoms with Crippen LogP contribution in [0.25, 0.3) is 0 Å². The smallest absolute Gasteiger partial charge is 0.345 e. The monoisotopic (exact) mass is 282 g/mol. The Morgan fingerprint density at radius 3 is 2.67 bits per heavy atom. The minimum atomic E-state index is -1.03. The minimum Gasteiger partial charge on any atom is -0.477 e. The maximum atomic E-state index is 11.8. The van der Waals surface area contributed by atoms with Gasteiger partial charge in [0.25, 0.3) is 5.91 Å². The van der Waals surface area contributed by atoms with Gasteiger partial charge in [0.15, 0.2) is 0 Å². The molecule has 2 aromatic rings. The standard InChI is InChI=1S/C11H7ClN2O3S/c12-8-3-1-2-6(13-8)10(15)14-9-5-4-7(18-9)11(16)17/h1-5H,(H,14,15)(H,16,17). The molecule has 0 aromatic carbocycles. The second-order valence-electron chi connectivity index (χ2n) is 3.27. The summed E-state index contributed by atoms with van der Waals surface area (Å²) in [6.45, 7) is 0. The van der Waals surface area contributed by atoms with Gasteiger partial charge in [0.2, 0.25) is 0 Å². The maximum absolute atomic E-state index is 11.8. The van der Waals surface area contributed by atoms with Crippen LogP contribution in [0, 0.1) is 0 Å². The van der Waals surface area contributed by atoms with E-state index in [1.54, 1.807) is 12.1 Å². The predicted octanol–water partition coefficient (Wildman–Crippen LogP) is 2.75. The van der Waals surface area contributed by atoms with E-state index >= 15 is 0 Å². The first-order valence-electron chi connectivity index (χ1n) is 4.83. The number of carbonyl (C=O) groups excluding carboxylic acids is 1.